The fourth-order valence-electron chi connectivity index (χ4n) is 2.49. The summed E-state index contributed by atoms with van der Waals surface area (Å²) in [6.45, 7) is 7.69. The molecule has 3 atom stereocenters. The minimum absolute atomic E-state index is 0.126. The quantitative estimate of drug-likeness (QED) is 0.643. The Labute approximate surface area is 75.6 Å². The molecular weight excluding hydrogens is 150 g/mol. The highest BCUT2D eigenvalue weighted by Gasteiger charge is 2.32. The van der Waals surface area contributed by atoms with Gasteiger partial charge in [-0.25, -0.2) is 0 Å². The van der Waals surface area contributed by atoms with E-state index in [2.05, 4.69) is 32.7 Å². The van der Waals surface area contributed by atoms with E-state index in [-0.39, 0.29) is 6.10 Å². The second kappa shape index (κ2) is 3.75. The van der Waals surface area contributed by atoms with Crippen molar-refractivity contribution in [3.05, 3.63) is 0 Å². The van der Waals surface area contributed by atoms with E-state index in [9.17, 15) is 5.11 Å². The fraction of sp³-hybridized carbons (Fsp3) is 1.00. The molecule has 0 aromatic carbocycles. The van der Waals surface area contributed by atoms with Gasteiger partial charge in [-0.05, 0) is 25.3 Å². The number of hydrogen-bond acceptors (Lipinski definition) is 2. The predicted molar refractivity (Wildman–Crippen MR) is 51.0 cm³/mol. The molecule has 0 amide bonds. The largest absolute Gasteiger partial charge is 0.391 e. The molecule has 1 aliphatic rings. The summed E-state index contributed by atoms with van der Waals surface area (Å²) in [4.78, 5) is 2.30. The minimum atomic E-state index is -0.126. The molecule has 2 nitrogen and oxygen atoms in total. The molecule has 72 valence electrons. The third-order valence-corrected chi connectivity index (χ3v) is 2.83. The van der Waals surface area contributed by atoms with Gasteiger partial charge in [0.05, 0.1) is 6.10 Å². The van der Waals surface area contributed by atoms with Gasteiger partial charge in [0.1, 0.15) is 0 Å². The first kappa shape index (κ1) is 10.0. The van der Waals surface area contributed by atoms with E-state index in [1.54, 1.807) is 0 Å². The highest BCUT2D eigenvalue weighted by atomic mass is 16.3. The Balaban J connectivity index is 2.60. The first-order chi connectivity index (χ1) is 5.52. The number of rotatable bonds is 1. The van der Waals surface area contributed by atoms with Crippen LogP contribution in [0.15, 0.2) is 0 Å². The molecule has 1 heterocycles. The summed E-state index contributed by atoms with van der Waals surface area (Å²) < 4.78 is 0. The van der Waals surface area contributed by atoms with Crippen LogP contribution >= 0.6 is 0 Å². The van der Waals surface area contributed by atoms with Gasteiger partial charge in [-0.1, -0.05) is 20.8 Å². The molecule has 1 N–H and O–H groups in total. The standard InChI is InChI=1S/C10H21NO/c1-7(2)10-9(12)5-8(3)6-11(10)4/h7-10,12H,5-6H2,1-4H3/t8-,9-,10-/m1/s1. The van der Waals surface area contributed by atoms with Crippen LogP contribution in [0.1, 0.15) is 27.2 Å². The highest BCUT2D eigenvalue weighted by molar-refractivity contribution is 4.86. The number of nitrogens with zero attached hydrogens (tertiary/aromatic N) is 1. The summed E-state index contributed by atoms with van der Waals surface area (Å²) >= 11 is 0. The zero-order valence-electron chi connectivity index (χ0n) is 8.62. The minimum Gasteiger partial charge on any atom is -0.391 e. The molecule has 1 fully saturated rings. The summed E-state index contributed by atoms with van der Waals surface area (Å²) in [5, 5.41) is 9.84. The van der Waals surface area contributed by atoms with Crippen molar-refractivity contribution in [2.45, 2.75) is 39.3 Å². The number of likely N-dealkylation sites (N-methyl/N-ethyl adjacent to an activating group) is 1. The Morgan fingerprint density at radius 1 is 1.42 bits per heavy atom. The molecule has 2 heteroatoms. The number of likely N-dealkylation sites (tertiary alicyclic amines) is 1. The lowest BCUT2D eigenvalue weighted by atomic mass is 9.86. The third kappa shape index (κ3) is 1.99. The van der Waals surface area contributed by atoms with Gasteiger partial charge in [0.15, 0.2) is 0 Å². The maximum Gasteiger partial charge on any atom is 0.0700 e. The molecule has 0 aromatic rings. The SMILES string of the molecule is CC(C)[C@@H]1[C@H](O)C[C@@H](C)CN1C. The summed E-state index contributed by atoms with van der Waals surface area (Å²) in [6, 6.07) is 0.362. The van der Waals surface area contributed by atoms with Crippen LogP contribution in [0.2, 0.25) is 0 Å². The lowest BCUT2D eigenvalue weighted by molar-refractivity contribution is -0.0179. The second-order valence-electron chi connectivity index (χ2n) is 4.58. The Morgan fingerprint density at radius 3 is 2.42 bits per heavy atom. The summed E-state index contributed by atoms with van der Waals surface area (Å²) in [7, 11) is 2.11. The first-order valence-corrected chi connectivity index (χ1v) is 4.90. The van der Waals surface area contributed by atoms with Gasteiger partial charge in [0, 0.05) is 12.6 Å². The highest BCUT2D eigenvalue weighted by Crippen LogP contribution is 2.25. The topological polar surface area (TPSA) is 23.5 Å². The number of aliphatic hydroxyl groups is 1. The van der Waals surface area contributed by atoms with E-state index in [1.807, 2.05) is 0 Å². The molecule has 0 radical (unpaired) electrons. The van der Waals surface area contributed by atoms with Crippen molar-refractivity contribution >= 4 is 0 Å². The molecule has 0 unspecified atom stereocenters. The van der Waals surface area contributed by atoms with E-state index < -0.39 is 0 Å². The van der Waals surface area contributed by atoms with E-state index in [1.165, 1.54) is 0 Å². The number of hydrogen-bond donors (Lipinski definition) is 1. The summed E-state index contributed by atoms with van der Waals surface area (Å²) in [5.74, 6) is 1.19. The van der Waals surface area contributed by atoms with Gasteiger partial charge in [-0.2, -0.15) is 0 Å². The average Bonchev–Trinajstić information content (AvgIpc) is 1.82. The smallest absolute Gasteiger partial charge is 0.0700 e. The maximum absolute atomic E-state index is 9.84. The van der Waals surface area contributed by atoms with E-state index >= 15 is 0 Å². The van der Waals surface area contributed by atoms with Crippen molar-refractivity contribution in [1.82, 2.24) is 4.90 Å². The molecule has 1 saturated heterocycles. The van der Waals surface area contributed by atoms with Gasteiger partial charge in [-0.3, -0.25) is 0 Å². The molecule has 12 heavy (non-hydrogen) atoms. The second-order valence-corrected chi connectivity index (χ2v) is 4.58. The number of aliphatic hydroxyl groups excluding tert-OH is 1. The predicted octanol–water partition coefficient (Wildman–Crippen LogP) is 1.34. The molecule has 1 aliphatic heterocycles. The molecule has 0 spiro atoms. The Morgan fingerprint density at radius 2 is 2.00 bits per heavy atom. The van der Waals surface area contributed by atoms with E-state index in [0.717, 1.165) is 13.0 Å². The monoisotopic (exact) mass is 171 g/mol. The molecule has 0 saturated carbocycles. The van der Waals surface area contributed by atoms with Crippen LogP contribution in [-0.2, 0) is 0 Å². The zero-order valence-corrected chi connectivity index (χ0v) is 8.62. The number of piperidine rings is 1. The summed E-state index contributed by atoms with van der Waals surface area (Å²) in [6.07, 6.45) is 0.839. The van der Waals surface area contributed by atoms with Crippen LogP contribution in [0, 0.1) is 11.8 Å². The Kier molecular flexibility index (Phi) is 3.13. The molecule has 0 aliphatic carbocycles. The third-order valence-electron chi connectivity index (χ3n) is 2.83. The lowest BCUT2D eigenvalue weighted by Gasteiger charge is -2.41. The van der Waals surface area contributed by atoms with Gasteiger partial charge in [0.25, 0.3) is 0 Å². The van der Waals surface area contributed by atoms with Crippen LogP contribution in [0.25, 0.3) is 0 Å². The average molecular weight is 171 g/mol. The van der Waals surface area contributed by atoms with Crippen molar-refractivity contribution in [1.29, 1.82) is 0 Å². The summed E-state index contributed by atoms with van der Waals surface area (Å²) in [5.41, 5.74) is 0. The van der Waals surface area contributed by atoms with Crippen LogP contribution in [0.5, 0.6) is 0 Å². The van der Waals surface area contributed by atoms with Crippen molar-refractivity contribution in [3.63, 3.8) is 0 Å². The zero-order chi connectivity index (χ0) is 9.30. The lowest BCUT2D eigenvalue weighted by Crippen LogP contribution is -2.51. The van der Waals surface area contributed by atoms with Gasteiger partial charge in [0.2, 0.25) is 0 Å². The van der Waals surface area contributed by atoms with Gasteiger partial charge >= 0.3 is 0 Å². The molecule has 1 rings (SSSR count). The molecular formula is C10H21NO. The Bertz CT molecular complexity index is 135. The van der Waals surface area contributed by atoms with E-state index in [0.29, 0.717) is 17.9 Å². The van der Waals surface area contributed by atoms with Crippen LogP contribution in [0.4, 0.5) is 0 Å². The maximum atomic E-state index is 9.84. The Hall–Kier alpha value is -0.0800. The van der Waals surface area contributed by atoms with Crippen LogP contribution < -0.4 is 0 Å². The van der Waals surface area contributed by atoms with Crippen molar-refractivity contribution in [3.8, 4) is 0 Å². The van der Waals surface area contributed by atoms with E-state index in [4.69, 9.17) is 0 Å². The van der Waals surface area contributed by atoms with Gasteiger partial charge in [-0.15, -0.1) is 0 Å². The normalized spacial score (nSPS) is 39.0. The first-order valence-electron chi connectivity index (χ1n) is 4.90. The van der Waals surface area contributed by atoms with Crippen molar-refractivity contribution < 1.29 is 5.11 Å². The molecule has 0 aromatic heterocycles. The van der Waals surface area contributed by atoms with Gasteiger partial charge < -0.3 is 10.0 Å². The van der Waals surface area contributed by atoms with Crippen LogP contribution in [-0.4, -0.2) is 35.7 Å². The fourth-order valence-corrected chi connectivity index (χ4v) is 2.49. The van der Waals surface area contributed by atoms with Crippen molar-refractivity contribution in [2.75, 3.05) is 13.6 Å². The molecule has 0 bridgehead atoms. The van der Waals surface area contributed by atoms with Crippen molar-refractivity contribution in [2.24, 2.45) is 11.8 Å². The van der Waals surface area contributed by atoms with Crippen LogP contribution in [0.3, 0.4) is 0 Å².